The zero-order chi connectivity index (χ0) is 35.6. The molecule has 0 fully saturated rings. The van der Waals surface area contributed by atoms with Crippen LogP contribution in [-0.4, -0.2) is 56.3 Å². The zero-order valence-electron chi connectivity index (χ0n) is 27.5. The molecular weight excluding hydrogens is 668 g/mol. The van der Waals surface area contributed by atoms with Crippen LogP contribution < -0.4 is 14.4 Å². The van der Waals surface area contributed by atoms with Crippen LogP contribution in [0.1, 0.15) is 36.5 Å². The molecule has 4 aromatic carbocycles. The predicted molar refractivity (Wildman–Crippen MR) is 189 cm³/mol. The van der Waals surface area contributed by atoms with Gasteiger partial charge in [0.2, 0.25) is 11.8 Å². The first-order valence-electron chi connectivity index (χ1n) is 15.7. The van der Waals surface area contributed by atoms with Crippen LogP contribution in [-0.2, 0) is 32.6 Å². The first kappa shape index (κ1) is 36.9. The minimum atomic E-state index is -4.56. The van der Waals surface area contributed by atoms with E-state index in [4.69, 9.17) is 16.3 Å². The molecule has 0 aliphatic carbocycles. The summed E-state index contributed by atoms with van der Waals surface area (Å²) in [6.45, 7) is 3.14. The molecule has 1 N–H and O–H groups in total. The van der Waals surface area contributed by atoms with Crippen molar-refractivity contribution in [1.82, 2.24) is 10.2 Å². The number of anilines is 1. The molecule has 258 valence electrons. The smallest absolute Gasteiger partial charge is 0.273 e. The standard InChI is InChI=1S/C36H39ClN4O7S/c1-4-5-20-38-36(43)34(22-27-10-7-6-8-11-27)39(24-28-12-9-13-29(37)21-28)35(42)25-40(30-15-17-31(48-3)18-16-30)49(46,47)32-19-14-26(2)33(23-32)41(44)45/h6-19,21,23,34H,4-5,20,22,24-25H2,1-3H3,(H,38,43)/t34-/m1/s1. The monoisotopic (exact) mass is 706 g/mol. The molecule has 0 unspecified atom stereocenters. The van der Waals surface area contributed by atoms with Crippen molar-refractivity contribution in [2.24, 2.45) is 0 Å². The maximum atomic E-state index is 14.6. The Morgan fingerprint density at radius 1 is 0.959 bits per heavy atom. The van der Waals surface area contributed by atoms with Crippen LogP contribution in [0, 0.1) is 17.0 Å². The quantitative estimate of drug-likeness (QED) is 0.0818. The number of benzene rings is 4. The minimum absolute atomic E-state index is 0.0510. The van der Waals surface area contributed by atoms with E-state index in [1.54, 1.807) is 36.4 Å². The Labute approximate surface area is 291 Å². The van der Waals surface area contributed by atoms with Gasteiger partial charge in [0, 0.05) is 36.2 Å². The number of nitrogens with zero attached hydrogens (tertiary/aromatic N) is 3. The molecule has 4 aromatic rings. The molecule has 0 bridgehead atoms. The van der Waals surface area contributed by atoms with Crippen LogP contribution >= 0.6 is 11.6 Å². The zero-order valence-corrected chi connectivity index (χ0v) is 29.1. The van der Waals surface area contributed by atoms with Crippen LogP contribution in [0.2, 0.25) is 5.02 Å². The molecule has 0 aliphatic heterocycles. The minimum Gasteiger partial charge on any atom is -0.497 e. The van der Waals surface area contributed by atoms with Gasteiger partial charge in [0.15, 0.2) is 0 Å². The van der Waals surface area contributed by atoms with Crippen LogP contribution in [0.4, 0.5) is 11.4 Å². The molecule has 0 spiro atoms. The van der Waals surface area contributed by atoms with E-state index >= 15 is 0 Å². The lowest BCUT2D eigenvalue weighted by atomic mass is 10.0. The van der Waals surface area contributed by atoms with Crippen molar-refractivity contribution in [1.29, 1.82) is 0 Å². The molecule has 13 heteroatoms. The Hall–Kier alpha value is -4.94. The van der Waals surface area contributed by atoms with E-state index in [-0.39, 0.29) is 40.7 Å². The van der Waals surface area contributed by atoms with E-state index in [2.05, 4.69) is 5.32 Å². The van der Waals surface area contributed by atoms with Crippen molar-refractivity contribution < 1.29 is 27.7 Å². The Morgan fingerprint density at radius 2 is 1.65 bits per heavy atom. The maximum absolute atomic E-state index is 14.6. The molecule has 4 rings (SSSR count). The lowest BCUT2D eigenvalue weighted by molar-refractivity contribution is -0.385. The van der Waals surface area contributed by atoms with Gasteiger partial charge >= 0.3 is 0 Å². The van der Waals surface area contributed by atoms with Crippen molar-refractivity contribution in [3.63, 3.8) is 0 Å². The van der Waals surface area contributed by atoms with E-state index in [9.17, 15) is 28.1 Å². The lowest BCUT2D eigenvalue weighted by Gasteiger charge is -2.34. The number of hydrogen-bond acceptors (Lipinski definition) is 7. The van der Waals surface area contributed by atoms with Gasteiger partial charge in [-0.15, -0.1) is 0 Å². The summed E-state index contributed by atoms with van der Waals surface area (Å²) in [5.74, 6) is -0.610. The summed E-state index contributed by atoms with van der Waals surface area (Å²) in [7, 11) is -3.10. The van der Waals surface area contributed by atoms with Crippen molar-refractivity contribution in [3.8, 4) is 5.75 Å². The van der Waals surface area contributed by atoms with Crippen molar-refractivity contribution in [2.75, 3.05) is 24.5 Å². The number of nitro groups is 1. The summed E-state index contributed by atoms with van der Waals surface area (Å²) in [6.07, 6.45) is 1.74. The summed E-state index contributed by atoms with van der Waals surface area (Å²) in [5.41, 5.74) is 1.45. The molecule has 1 atom stereocenters. The highest BCUT2D eigenvalue weighted by Gasteiger charge is 2.35. The van der Waals surface area contributed by atoms with Gasteiger partial charge in [-0.1, -0.05) is 73.5 Å². The van der Waals surface area contributed by atoms with Gasteiger partial charge in [-0.3, -0.25) is 24.0 Å². The number of ether oxygens (including phenoxy) is 1. The third kappa shape index (κ3) is 9.58. The largest absolute Gasteiger partial charge is 0.497 e. The Bertz CT molecular complexity index is 1870. The molecular formula is C36H39ClN4O7S. The lowest BCUT2D eigenvalue weighted by Crippen LogP contribution is -2.53. The maximum Gasteiger partial charge on any atom is 0.273 e. The number of unbranched alkanes of at least 4 members (excludes halogenated alkanes) is 1. The molecule has 11 nitrogen and oxygen atoms in total. The molecule has 2 amide bonds. The van der Waals surface area contributed by atoms with Gasteiger partial charge in [-0.25, -0.2) is 8.42 Å². The first-order chi connectivity index (χ1) is 23.4. The number of nitro benzene ring substituents is 1. The van der Waals surface area contributed by atoms with E-state index in [1.165, 1.54) is 43.2 Å². The molecule has 0 aliphatic rings. The normalized spacial score (nSPS) is 11.8. The number of methoxy groups -OCH3 is 1. The third-order valence-electron chi connectivity index (χ3n) is 7.95. The van der Waals surface area contributed by atoms with Crippen LogP contribution in [0.25, 0.3) is 0 Å². The number of amides is 2. The summed E-state index contributed by atoms with van der Waals surface area (Å²) >= 11 is 6.30. The first-order valence-corrected chi connectivity index (χ1v) is 17.5. The second-order valence-electron chi connectivity index (χ2n) is 11.4. The highest BCUT2D eigenvalue weighted by Crippen LogP contribution is 2.30. The summed E-state index contributed by atoms with van der Waals surface area (Å²) < 4.78 is 34.8. The molecule has 0 heterocycles. The average Bonchev–Trinajstić information content (AvgIpc) is 3.09. The van der Waals surface area contributed by atoms with E-state index in [1.807, 2.05) is 37.3 Å². The summed E-state index contributed by atoms with van der Waals surface area (Å²) in [6, 6.07) is 24.7. The highest BCUT2D eigenvalue weighted by molar-refractivity contribution is 7.92. The van der Waals surface area contributed by atoms with E-state index in [0.717, 1.165) is 28.8 Å². The Kier molecular flexibility index (Phi) is 12.8. The molecule has 0 radical (unpaired) electrons. The fourth-order valence-electron chi connectivity index (χ4n) is 5.24. The van der Waals surface area contributed by atoms with Crippen LogP contribution in [0.3, 0.4) is 0 Å². The van der Waals surface area contributed by atoms with Crippen molar-refractivity contribution in [3.05, 3.63) is 129 Å². The number of nitrogens with one attached hydrogen (secondary N) is 1. The second-order valence-corrected chi connectivity index (χ2v) is 13.7. The van der Waals surface area contributed by atoms with Gasteiger partial charge in [0.25, 0.3) is 15.7 Å². The number of carbonyl (C=O) groups is 2. The van der Waals surface area contributed by atoms with Crippen molar-refractivity contribution in [2.45, 2.75) is 50.6 Å². The van der Waals surface area contributed by atoms with Gasteiger partial charge in [-0.05, 0) is 66.9 Å². The second kappa shape index (κ2) is 16.9. The fraction of sp³-hybridized carbons (Fsp3) is 0.278. The predicted octanol–water partition coefficient (Wildman–Crippen LogP) is 6.32. The number of hydrogen-bond donors (Lipinski definition) is 1. The Balaban J connectivity index is 1.83. The fourth-order valence-corrected chi connectivity index (χ4v) is 6.89. The van der Waals surface area contributed by atoms with Gasteiger partial charge in [0.1, 0.15) is 18.3 Å². The van der Waals surface area contributed by atoms with E-state index < -0.39 is 33.4 Å². The molecule has 49 heavy (non-hydrogen) atoms. The number of rotatable bonds is 16. The Morgan fingerprint density at radius 3 is 2.29 bits per heavy atom. The van der Waals surface area contributed by atoms with Crippen LogP contribution in [0.5, 0.6) is 5.75 Å². The number of halogens is 1. The topological polar surface area (TPSA) is 139 Å². The number of carbonyl (C=O) groups excluding carboxylic acids is 2. The summed E-state index contributed by atoms with van der Waals surface area (Å²) in [5, 5.41) is 15.1. The van der Waals surface area contributed by atoms with Gasteiger partial charge in [-0.2, -0.15) is 0 Å². The third-order valence-corrected chi connectivity index (χ3v) is 9.95. The summed E-state index contributed by atoms with van der Waals surface area (Å²) in [4.78, 5) is 40.5. The number of sulfonamides is 1. The number of aryl methyl sites for hydroxylation is 1. The van der Waals surface area contributed by atoms with E-state index in [0.29, 0.717) is 22.9 Å². The molecule has 0 saturated heterocycles. The SMILES string of the molecule is CCCCNC(=O)[C@@H](Cc1ccccc1)N(Cc1cccc(Cl)c1)C(=O)CN(c1ccc(OC)cc1)S(=O)(=O)c1ccc(C)c([N+](=O)[O-])c1. The van der Waals surface area contributed by atoms with Crippen LogP contribution in [0.15, 0.2) is 102 Å². The average molecular weight is 707 g/mol. The molecule has 0 aromatic heterocycles. The van der Waals surface area contributed by atoms with Gasteiger partial charge in [0.05, 0.1) is 22.6 Å². The van der Waals surface area contributed by atoms with Gasteiger partial charge < -0.3 is 15.0 Å². The molecule has 0 saturated carbocycles. The van der Waals surface area contributed by atoms with Crippen molar-refractivity contribution >= 4 is 44.8 Å². The highest BCUT2D eigenvalue weighted by atomic mass is 35.5.